The van der Waals surface area contributed by atoms with Gasteiger partial charge in [-0.15, -0.1) is 0 Å². The normalized spacial score (nSPS) is 11.2. The number of nitrogens with zero attached hydrogens (tertiary/aromatic N) is 1. The molecular weight excluding hydrogens is 255 g/mol. The van der Waals surface area contributed by atoms with E-state index in [-0.39, 0.29) is 11.7 Å². The van der Waals surface area contributed by atoms with Crippen molar-refractivity contribution in [3.63, 3.8) is 0 Å². The molecule has 0 aliphatic rings. The highest BCUT2D eigenvalue weighted by Gasteiger charge is 2.29. The summed E-state index contributed by atoms with van der Waals surface area (Å²) in [5, 5.41) is 2.86. The lowest BCUT2D eigenvalue weighted by molar-refractivity contribution is -0.125. The van der Waals surface area contributed by atoms with E-state index >= 15 is 0 Å². The van der Waals surface area contributed by atoms with E-state index in [9.17, 15) is 9.18 Å². The molecule has 4 heteroatoms. The molecule has 0 saturated carbocycles. The Labute approximate surface area is 117 Å². The summed E-state index contributed by atoms with van der Waals surface area (Å²) in [7, 11) is 0. The van der Waals surface area contributed by atoms with Crippen molar-refractivity contribution in [3.05, 3.63) is 65.7 Å². The van der Waals surface area contributed by atoms with Crippen molar-refractivity contribution in [1.82, 2.24) is 10.3 Å². The second kappa shape index (κ2) is 5.82. The smallest absolute Gasteiger partial charge is 0.230 e. The average molecular weight is 272 g/mol. The van der Waals surface area contributed by atoms with Gasteiger partial charge in [0.15, 0.2) is 0 Å². The van der Waals surface area contributed by atoms with Crippen LogP contribution in [0.5, 0.6) is 0 Å². The minimum Gasteiger partial charge on any atom is -0.350 e. The van der Waals surface area contributed by atoms with Gasteiger partial charge in [-0.05, 0) is 43.7 Å². The predicted octanol–water partition coefficient (Wildman–Crippen LogP) is 2.81. The highest BCUT2D eigenvalue weighted by atomic mass is 19.1. The van der Waals surface area contributed by atoms with Gasteiger partial charge < -0.3 is 5.32 Å². The number of hydrogen-bond donors (Lipinski definition) is 1. The van der Waals surface area contributed by atoms with E-state index in [2.05, 4.69) is 10.3 Å². The second-order valence-electron chi connectivity index (χ2n) is 5.14. The topological polar surface area (TPSA) is 42.0 Å². The predicted molar refractivity (Wildman–Crippen MR) is 75.5 cm³/mol. The van der Waals surface area contributed by atoms with Crippen molar-refractivity contribution in [1.29, 1.82) is 0 Å². The Balaban J connectivity index is 2.05. The minimum absolute atomic E-state index is 0.116. The van der Waals surface area contributed by atoms with E-state index < -0.39 is 5.41 Å². The molecule has 0 aliphatic heterocycles. The van der Waals surface area contributed by atoms with Crippen molar-refractivity contribution >= 4 is 5.91 Å². The summed E-state index contributed by atoms with van der Waals surface area (Å²) in [6.07, 6.45) is 1.69. The van der Waals surface area contributed by atoms with Crippen molar-refractivity contribution in [2.24, 2.45) is 0 Å². The molecule has 3 nitrogen and oxygen atoms in total. The molecule has 1 amide bonds. The van der Waals surface area contributed by atoms with Crippen molar-refractivity contribution in [2.45, 2.75) is 25.8 Å². The van der Waals surface area contributed by atoms with Gasteiger partial charge in [-0.2, -0.15) is 0 Å². The van der Waals surface area contributed by atoms with Crippen LogP contribution >= 0.6 is 0 Å². The third-order valence-corrected chi connectivity index (χ3v) is 3.29. The lowest BCUT2D eigenvalue weighted by atomic mass is 9.83. The molecule has 2 rings (SSSR count). The molecule has 0 aliphatic carbocycles. The Morgan fingerprint density at radius 2 is 1.90 bits per heavy atom. The number of pyridine rings is 1. The monoisotopic (exact) mass is 272 g/mol. The van der Waals surface area contributed by atoms with Gasteiger partial charge in [-0.25, -0.2) is 4.39 Å². The van der Waals surface area contributed by atoms with Crippen LogP contribution in [-0.2, 0) is 16.8 Å². The zero-order valence-corrected chi connectivity index (χ0v) is 11.6. The van der Waals surface area contributed by atoms with E-state index in [0.717, 1.165) is 11.3 Å². The van der Waals surface area contributed by atoms with E-state index in [1.807, 2.05) is 32.0 Å². The van der Waals surface area contributed by atoms with Crippen molar-refractivity contribution < 1.29 is 9.18 Å². The van der Waals surface area contributed by atoms with Gasteiger partial charge >= 0.3 is 0 Å². The SMILES string of the molecule is CC(C)(C(=O)NCc1ccccn1)c1ccc(F)cc1. The summed E-state index contributed by atoms with van der Waals surface area (Å²) in [6, 6.07) is 11.6. The molecule has 1 aromatic heterocycles. The number of hydrogen-bond acceptors (Lipinski definition) is 2. The van der Waals surface area contributed by atoms with Crippen LogP contribution in [0.3, 0.4) is 0 Å². The van der Waals surface area contributed by atoms with Gasteiger partial charge in [0.25, 0.3) is 0 Å². The number of halogens is 1. The second-order valence-corrected chi connectivity index (χ2v) is 5.14. The number of nitrogens with one attached hydrogen (secondary N) is 1. The van der Waals surface area contributed by atoms with Gasteiger partial charge in [0.2, 0.25) is 5.91 Å². The summed E-state index contributed by atoms with van der Waals surface area (Å²) < 4.78 is 12.9. The first-order valence-electron chi connectivity index (χ1n) is 6.44. The third kappa shape index (κ3) is 3.20. The number of carbonyl (C=O) groups excluding carboxylic acids is 1. The van der Waals surface area contributed by atoms with E-state index in [1.54, 1.807) is 18.3 Å². The largest absolute Gasteiger partial charge is 0.350 e. The fourth-order valence-corrected chi connectivity index (χ4v) is 1.89. The fourth-order valence-electron chi connectivity index (χ4n) is 1.89. The lowest BCUT2D eigenvalue weighted by Crippen LogP contribution is -2.39. The number of aromatic nitrogens is 1. The van der Waals surface area contributed by atoms with Gasteiger partial charge in [0.05, 0.1) is 17.7 Å². The Bertz CT molecular complexity index is 579. The lowest BCUT2D eigenvalue weighted by Gasteiger charge is -2.24. The summed E-state index contributed by atoms with van der Waals surface area (Å²) in [4.78, 5) is 16.4. The van der Waals surface area contributed by atoms with Crippen LogP contribution in [0.2, 0.25) is 0 Å². The van der Waals surface area contributed by atoms with Gasteiger partial charge in [0.1, 0.15) is 5.82 Å². The summed E-state index contributed by atoms with van der Waals surface area (Å²) in [6.45, 7) is 4.01. The summed E-state index contributed by atoms with van der Waals surface area (Å²) >= 11 is 0. The van der Waals surface area contributed by atoms with E-state index in [0.29, 0.717) is 6.54 Å². The maximum absolute atomic E-state index is 12.9. The van der Waals surface area contributed by atoms with Crippen LogP contribution in [0.4, 0.5) is 4.39 Å². The van der Waals surface area contributed by atoms with Gasteiger partial charge in [0, 0.05) is 6.20 Å². The number of amides is 1. The fraction of sp³-hybridized carbons (Fsp3) is 0.250. The number of rotatable bonds is 4. The van der Waals surface area contributed by atoms with Crippen LogP contribution in [0.15, 0.2) is 48.7 Å². The minimum atomic E-state index is -0.720. The molecule has 0 spiro atoms. The molecule has 0 radical (unpaired) electrons. The van der Waals surface area contributed by atoms with E-state index in [4.69, 9.17) is 0 Å². The molecule has 0 atom stereocenters. The summed E-state index contributed by atoms with van der Waals surface area (Å²) in [5.41, 5.74) is 0.857. The highest BCUT2D eigenvalue weighted by molar-refractivity contribution is 5.87. The molecule has 0 saturated heterocycles. The van der Waals surface area contributed by atoms with Gasteiger partial charge in [-0.3, -0.25) is 9.78 Å². The first-order chi connectivity index (χ1) is 9.50. The van der Waals surface area contributed by atoms with Crippen LogP contribution in [0.25, 0.3) is 0 Å². The molecule has 1 N–H and O–H groups in total. The molecule has 1 heterocycles. The zero-order valence-electron chi connectivity index (χ0n) is 11.6. The van der Waals surface area contributed by atoms with Gasteiger partial charge in [-0.1, -0.05) is 18.2 Å². The van der Waals surface area contributed by atoms with E-state index in [1.165, 1.54) is 12.1 Å². The molecule has 0 fully saturated rings. The first-order valence-corrected chi connectivity index (χ1v) is 6.44. The Hall–Kier alpha value is -2.23. The van der Waals surface area contributed by atoms with Crippen molar-refractivity contribution in [3.8, 4) is 0 Å². The Morgan fingerprint density at radius 1 is 1.20 bits per heavy atom. The molecule has 104 valence electrons. The Morgan fingerprint density at radius 3 is 2.50 bits per heavy atom. The molecule has 2 aromatic rings. The maximum Gasteiger partial charge on any atom is 0.230 e. The van der Waals surface area contributed by atoms with Crippen LogP contribution in [-0.4, -0.2) is 10.9 Å². The molecule has 0 unspecified atom stereocenters. The average Bonchev–Trinajstić information content (AvgIpc) is 2.46. The number of carbonyl (C=O) groups is 1. The molecule has 1 aromatic carbocycles. The van der Waals surface area contributed by atoms with Crippen LogP contribution in [0.1, 0.15) is 25.1 Å². The highest BCUT2D eigenvalue weighted by Crippen LogP contribution is 2.23. The molecule has 0 bridgehead atoms. The Kier molecular flexibility index (Phi) is 4.13. The standard InChI is InChI=1S/C16H17FN2O/c1-16(2,12-6-8-13(17)9-7-12)15(20)19-11-14-5-3-4-10-18-14/h3-10H,11H2,1-2H3,(H,19,20). The summed E-state index contributed by atoms with van der Waals surface area (Å²) in [5.74, 6) is -0.423. The quantitative estimate of drug-likeness (QED) is 0.930. The molecular formula is C16H17FN2O. The molecule has 20 heavy (non-hydrogen) atoms. The first kappa shape index (κ1) is 14.2. The zero-order chi connectivity index (χ0) is 14.6. The van der Waals surface area contributed by atoms with Crippen LogP contribution in [0, 0.1) is 5.82 Å². The third-order valence-electron chi connectivity index (χ3n) is 3.29. The van der Waals surface area contributed by atoms with Crippen LogP contribution < -0.4 is 5.32 Å². The maximum atomic E-state index is 12.9. The number of benzene rings is 1. The van der Waals surface area contributed by atoms with Crippen molar-refractivity contribution in [2.75, 3.05) is 0 Å².